The minimum Gasteiger partial charge on any atom is -0.351 e. The van der Waals surface area contributed by atoms with Gasteiger partial charge in [0, 0.05) is 35.7 Å². The highest BCUT2D eigenvalue weighted by Gasteiger charge is 2.24. The highest BCUT2D eigenvalue weighted by atomic mass is 32.1. The van der Waals surface area contributed by atoms with Crippen LogP contribution in [-0.2, 0) is 17.8 Å². The van der Waals surface area contributed by atoms with E-state index in [0.29, 0.717) is 6.54 Å². The van der Waals surface area contributed by atoms with Crippen LogP contribution in [0.25, 0.3) is 0 Å². The number of thiophene rings is 1. The van der Waals surface area contributed by atoms with Gasteiger partial charge in [-0.2, -0.15) is 0 Å². The number of hydrogen-bond donors (Lipinski definition) is 1. The second-order valence-electron chi connectivity index (χ2n) is 5.98. The summed E-state index contributed by atoms with van der Waals surface area (Å²) in [5.41, 5.74) is 1.14. The molecule has 1 saturated heterocycles. The van der Waals surface area contributed by atoms with Gasteiger partial charge in [-0.15, -0.1) is 11.3 Å². The topological polar surface area (TPSA) is 45.2 Å². The maximum Gasteiger partial charge on any atom is 0.223 e. The molecule has 1 N–H and O–H groups in total. The number of nitrogens with one attached hydrogen (secondary N) is 1. The molecule has 1 aliphatic heterocycles. The Morgan fingerprint density at radius 2 is 2.13 bits per heavy atom. The van der Waals surface area contributed by atoms with Crippen LogP contribution in [0.2, 0.25) is 0 Å². The molecule has 0 aromatic carbocycles. The second kappa shape index (κ2) is 8.22. The lowest BCUT2D eigenvalue weighted by Crippen LogP contribution is -2.41. The van der Waals surface area contributed by atoms with Crippen LogP contribution < -0.4 is 5.32 Å². The summed E-state index contributed by atoms with van der Waals surface area (Å²) in [6, 6.07) is 10.1. The third-order valence-electron chi connectivity index (χ3n) is 4.39. The second-order valence-corrected chi connectivity index (χ2v) is 7.02. The minimum atomic E-state index is 0.168. The lowest BCUT2D eigenvalue weighted by Gasteiger charge is -2.31. The number of likely N-dealkylation sites (tertiary alicyclic amines) is 1. The molecule has 0 saturated carbocycles. The molecular formula is C18H23N3OS. The Labute approximate surface area is 141 Å². The van der Waals surface area contributed by atoms with Crippen molar-refractivity contribution in [2.45, 2.75) is 25.8 Å². The summed E-state index contributed by atoms with van der Waals surface area (Å²) in [5, 5.41) is 5.11. The highest BCUT2D eigenvalue weighted by molar-refractivity contribution is 7.09. The van der Waals surface area contributed by atoms with E-state index in [1.165, 1.54) is 4.88 Å². The quantitative estimate of drug-likeness (QED) is 0.886. The van der Waals surface area contributed by atoms with E-state index >= 15 is 0 Å². The van der Waals surface area contributed by atoms with Gasteiger partial charge in [0.25, 0.3) is 0 Å². The van der Waals surface area contributed by atoms with Crippen molar-refractivity contribution in [3.8, 4) is 0 Å². The molecule has 1 aliphatic rings. The van der Waals surface area contributed by atoms with Crippen LogP contribution >= 0.6 is 11.3 Å². The van der Waals surface area contributed by atoms with Gasteiger partial charge in [-0.25, -0.2) is 0 Å². The van der Waals surface area contributed by atoms with E-state index in [-0.39, 0.29) is 11.8 Å². The first-order valence-corrected chi connectivity index (χ1v) is 9.11. The molecule has 122 valence electrons. The van der Waals surface area contributed by atoms with E-state index in [2.05, 4.69) is 27.3 Å². The van der Waals surface area contributed by atoms with Crippen LogP contribution in [0.1, 0.15) is 23.4 Å². The van der Waals surface area contributed by atoms with Crippen LogP contribution in [0.4, 0.5) is 0 Å². The number of hydrogen-bond acceptors (Lipinski definition) is 4. The van der Waals surface area contributed by atoms with E-state index in [9.17, 15) is 4.79 Å². The zero-order valence-corrected chi connectivity index (χ0v) is 14.1. The minimum absolute atomic E-state index is 0.168. The predicted molar refractivity (Wildman–Crippen MR) is 93.3 cm³/mol. The molecule has 2 aromatic heterocycles. The van der Waals surface area contributed by atoms with Crippen molar-refractivity contribution >= 4 is 17.2 Å². The van der Waals surface area contributed by atoms with Crippen molar-refractivity contribution in [1.82, 2.24) is 15.2 Å². The molecule has 4 nitrogen and oxygen atoms in total. The molecular weight excluding hydrogens is 306 g/mol. The number of carbonyl (C=O) groups excluding carboxylic acids is 1. The summed E-state index contributed by atoms with van der Waals surface area (Å²) in [6.45, 7) is 3.70. The summed E-state index contributed by atoms with van der Waals surface area (Å²) in [6.07, 6.45) is 4.74. The lowest BCUT2D eigenvalue weighted by atomic mass is 9.95. The van der Waals surface area contributed by atoms with Crippen molar-refractivity contribution in [1.29, 1.82) is 0 Å². The van der Waals surface area contributed by atoms with Gasteiger partial charge in [0.15, 0.2) is 0 Å². The van der Waals surface area contributed by atoms with Crippen molar-refractivity contribution in [2.75, 3.05) is 19.6 Å². The molecule has 0 spiro atoms. The van der Waals surface area contributed by atoms with Gasteiger partial charge < -0.3 is 10.2 Å². The number of piperidine rings is 1. The Morgan fingerprint density at radius 3 is 2.83 bits per heavy atom. The molecule has 3 rings (SSSR count). The first kappa shape index (κ1) is 16.1. The molecule has 0 unspecified atom stereocenters. The predicted octanol–water partition coefficient (Wildman–Crippen LogP) is 2.71. The molecule has 0 aliphatic carbocycles. The smallest absolute Gasteiger partial charge is 0.223 e. The number of aromatic nitrogens is 1. The summed E-state index contributed by atoms with van der Waals surface area (Å²) in [7, 11) is 0. The number of amides is 1. The van der Waals surface area contributed by atoms with Crippen LogP contribution in [0.5, 0.6) is 0 Å². The van der Waals surface area contributed by atoms with Crippen molar-refractivity contribution in [2.24, 2.45) is 5.92 Å². The lowest BCUT2D eigenvalue weighted by molar-refractivity contribution is -0.126. The molecule has 1 fully saturated rings. The molecule has 2 aromatic rings. The monoisotopic (exact) mass is 329 g/mol. The Morgan fingerprint density at radius 1 is 1.26 bits per heavy atom. The number of rotatable bonds is 6. The average molecular weight is 329 g/mol. The fraction of sp³-hybridized carbons (Fsp3) is 0.444. The van der Waals surface area contributed by atoms with Gasteiger partial charge in [-0.05, 0) is 49.5 Å². The highest BCUT2D eigenvalue weighted by Crippen LogP contribution is 2.18. The summed E-state index contributed by atoms with van der Waals surface area (Å²) < 4.78 is 0. The van der Waals surface area contributed by atoms with Crippen LogP contribution in [-0.4, -0.2) is 35.4 Å². The third-order valence-corrected chi connectivity index (χ3v) is 5.26. The van der Waals surface area contributed by atoms with Gasteiger partial charge in [-0.3, -0.25) is 9.78 Å². The summed E-state index contributed by atoms with van der Waals surface area (Å²) >= 11 is 1.69. The van der Waals surface area contributed by atoms with Crippen molar-refractivity contribution in [3.63, 3.8) is 0 Å². The SMILES string of the molecule is O=C(NCc1cccs1)C1CCN(CCc2ccccn2)CC1. The number of pyridine rings is 1. The molecule has 0 atom stereocenters. The summed E-state index contributed by atoms with van der Waals surface area (Å²) in [5.74, 6) is 0.379. The van der Waals surface area contributed by atoms with E-state index in [0.717, 1.165) is 44.6 Å². The van der Waals surface area contributed by atoms with E-state index < -0.39 is 0 Å². The third kappa shape index (κ3) is 4.88. The standard InChI is InChI=1S/C18H23N3OS/c22-18(20-14-17-5-3-13-23-17)15-6-10-21(11-7-15)12-8-16-4-1-2-9-19-16/h1-5,9,13,15H,6-8,10-12,14H2,(H,20,22). The number of carbonyl (C=O) groups is 1. The van der Waals surface area contributed by atoms with Gasteiger partial charge in [0.05, 0.1) is 6.54 Å². The maximum atomic E-state index is 12.2. The van der Waals surface area contributed by atoms with E-state index in [1.807, 2.05) is 29.8 Å². The van der Waals surface area contributed by atoms with Gasteiger partial charge >= 0.3 is 0 Å². The van der Waals surface area contributed by atoms with Crippen LogP contribution in [0.15, 0.2) is 41.9 Å². The maximum absolute atomic E-state index is 12.2. The molecule has 1 amide bonds. The first-order valence-electron chi connectivity index (χ1n) is 8.23. The molecule has 0 bridgehead atoms. The molecule has 23 heavy (non-hydrogen) atoms. The Bertz CT molecular complexity index is 592. The Hall–Kier alpha value is -1.72. The average Bonchev–Trinajstić information content (AvgIpc) is 3.13. The van der Waals surface area contributed by atoms with Gasteiger partial charge in [-0.1, -0.05) is 12.1 Å². The fourth-order valence-electron chi connectivity index (χ4n) is 2.97. The normalized spacial score (nSPS) is 16.3. The Balaban J connectivity index is 1.37. The van der Waals surface area contributed by atoms with Crippen LogP contribution in [0, 0.1) is 5.92 Å². The van der Waals surface area contributed by atoms with Crippen molar-refractivity contribution in [3.05, 3.63) is 52.5 Å². The first-order chi connectivity index (χ1) is 11.3. The Kier molecular flexibility index (Phi) is 5.77. The van der Waals surface area contributed by atoms with E-state index in [4.69, 9.17) is 0 Å². The molecule has 5 heteroatoms. The largest absolute Gasteiger partial charge is 0.351 e. The van der Waals surface area contributed by atoms with E-state index in [1.54, 1.807) is 11.3 Å². The van der Waals surface area contributed by atoms with Gasteiger partial charge in [0.2, 0.25) is 5.91 Å². The van der Waals surface area contributed by atoms with Crippen molar-refractivity contribution < 1.29 is 4.79 Å². The zero-order chi connectivity index (χ0) is 15.9. The molecule has 3 heterocycles. The number of nitrogens with zero attached hydrogens (tertiary/aromatic N) is 2. The zero-order valence-electron chi connectivity index (χ0n) is 13.3. The summed E-state index contributed by atoms with van der Waals surface area (Å²) in [4.78, 5) is 20.3. The van der Waals surface area contributed by atoms with Crippen LogP contribution in [0.3, 0.4) is 0 Å². The van der Waals surface area contributed by atoms with Gasteiger partial charge in [0.1, 0.15) is 0 Å². The molecule has 0 radical (unpaired) electrons. The fourth-order valence-corrected chi connectivity index (χ4v) is 3.61.